The van der Waals surface area contributed by atoms with Gasteiger partial charge in [-0.05, 0) is 19.3 Å². The number of carbonyl (C=O) groups excluding carboxylic acids is 3. The lowest BCUT2D eigenvalue weighted by Gasteiger charge is -2.19. The Kier molecular flexibility index (Phi) is 16.1. The Hall–Kier alpha value is -1.48. The van der Waals surface area contributed by atoms with Gasteiger partial charge >= 0.3 is 0 Å². The molecule has 1 heterocycles. The second kappa shape index (κ2) is 18.0. The number of carbonyl (C=O) groups is 3. The van der Waals surface area contributed by atoms with Gasteiger partial charge < -0.3 is 41.6 Å². The molecule has 1 unspecified atom stereocenters. The van der Waals surface area contributed by atoms with E-state index in [4.69, 9.17) is 26.0 Å². The van der Waals surface area contributed by atoms with E-state index in [9.17, 15) is 14.4 Å². The van der Waals surface area contributed by atoms with Crippen LogP contribution in [0.15, 0.2) is 0 Å². The smallest absolute Gasteiger partial charge is 0.245 e. The summed E-state index contributed by atoms with van der Waals surface area (Å²) in [5, 5.41) is 17.1. The van der Waals surface area contributed by atoms with Crippen LogP contribution in [-0.4, -0.2) is 111 Å². The van der Waals surface area contributed by atoms with Gasteiger partial charge in [0.05, 0.1) is 38.3 Å². The van der Waals surface area contributed by atoms with Crippen molar-refractivity contribution in [1.29, 1.82) is 0 Å². The van der Waals surface area contributed by atoms with E-state index >= 15 is 0 Å². The monoisotopic (exact) mass is 478 g/mol. The summed E-state index contributed by atoms with van der Waals surface area (Å²) in [5.41, 5.74) is 11.2. The van der Waals surface area contributed by atoms with Gasteiger partial charge in [-0.25, -0.2) is 0 Å². The van der Waals surface area contributed by atoms with Crippen LogP contribution in [0.5, 0.6) is 0 Å². The molecule has 0 radical (unpaired) electrons. The molecule has 0 aliphatic carbocycles. The minimum absolute atomic E-state index is 0.00925. The maximum Gasteiger partial charge on any atom is 0.245 e. The highest BCUT2D eigenvalue weighted by Crippen LogP contribution is 2.15. The van der Waals surface area contributed by atoms with Crippen molar-refractivity contribution in [3.63, 3.8) is 0 Å². The largest absolute Gasteiger partial charge is 0.394 e. The first-order valence-electron chi connectivity index (χ1n) is 10.9. The molecule has 0 aromatic heterocycles. The second-order valence-electron chi connectivity index (χ2n) is 7.19. The van der Waals surface area contributed by atoms with Gasteiger partial charge in [-0.15, -0.1) is 11.8 Å². The number of aliphatic hydroxyl groups is 1. The molecule has 3 amide bonds. The number of nitrogens with one attached hydrogen (secondary N) is 3. The topological polar surface area (TPSA) is 181 Å². The summed E-state index contributed by atoms with van der Waals surface area (Å²) in [4.78, 5) is 37.3. The Bertz CT molecular complexity index is 552. The van der Waals surface area contributed by atoms with Crippen LogP contribution in [0.4, 0.5) is 0 Å². The molecule has 13 heteroatoms. The first-order valence-corrected chi connectivity index (χ1v) is 12.0. The summed E-state index contributed by atoms with van der Waals surface area (Å²) in [7, 11) is 0. The summed E-state index contributed by atoms with van der Waals surface area (Å²) >= 11 is 1.73. The van der Waals surface area contributed by atoms with Crippen molar-refractivity contribution >= 4 is 29.5 Å². The van der Waals surface area contributed by atoms with Crippen molar-refractivity contribution in [2.75, 3.05) is 71.0 Å². The van der Waals surface area contributed by atoms with Crippen LogP contribution in [0.1, 0.15) is 19.3 Å². The number of hydrogen-bond acceptors (Lipinski definition) is 10. The standard InChI is InChI=1S/C19H38N6O6S/c20-13-24-16(11-26)18(28)23-5-7-30-8-9-31-12-17(27)22-4-2-1-3-15(21)19(29)25-6-10-32-14-25/h15-16,24,26H,1-14,20-21H2,(H,22,27)(H,23,28)/t15?,16-/m0/s1. The summed E-state index contributed by atoms with van der Waals surface area (Å²) < 4.78 is 10.5. The van der Waals surface area contributed by atoms with Crippen LogP contribution in [0, 0.1) is 0 Å². The first-order chi connectivity index (χ1) is 15.5. The number of thioether (sulfide) groups is 1. The minimum Gasteiger partial charge on any atom is -0.394 e. The molecule has 1 rings (SSSR count). The van der Waals surface area contributed by atoms with Crippen molar-refractivity contribution in [1.82, 2.24) is 20.9 Å². The highest BCUT2D eigenvalue weighted by Gasteiger charge is 2.23. The maximum absolute atomic E-state index is 12.1. The SMILES string of the molecule is NCN[C@@H](CO)C(=O)NCCOCCOCC(=O)NCCCCC(N)C(=O)N1CCSC1. The van der Waals surface area contributed by atoms with E-state index in [0.29, 0.717) is 13.0 Å². The molecular weight excluding hydrogens is 440 g/mol. The molecule has 186 valence electrons. The molecule has 1 fully saturated rings. The van der Waals surface area contributed by atoms with Crippen molar-refractivity contribution < 1.29 is 29.0 Å². The molecule has 0 aromatic rings. The normalized spacial score (nSPS) is 15.4. The Labute approximate surface area is 193 Å². The number of nitrogens with two attached hydrogens (primary N) is 2. The molecule has 1 aliphatic rings. The molecule has 12 nitrogen and oxygen atoms in total. The summed E-state index contributed by atoms with van der Waals surface area (Å²) in [6.45, 7) is 2.07. The zero-order chi connectivity index (χ0) is 23.6. The van der Waals surface area contributed by atoms with Crippen molar-refractivity contribution in [2.24, 2.45) is 11.5 Å². The van der Waals surface area contributed by atoms with Crippen molar-refractivity contribution in [3.05, 3.63) is 0 Å². The fourth-order valence-corrected chi connectivity index (χ4v) is 3.81. The second-order valence-corrected chi connectivity index (χ2v) is 8.27. The lowest BCUT2D eigenvalue weighted by molar-refractivity contribution is -0.131. The van der Waals surface area contributed by atoms with Crippen LogP contribution < -0.4 is 27.4 Å². The van der Waals surface area contributed by atoms with E-state index in [1.54, 1.807) is 16.7 Å². The molecule has 1 saturated heterocycles. The van der Waals surface area contributed by atoms with Crippen LogP contribution in [0.3, 0.4) is 0 Å². The fraction of sp³-hybridized carbons (Fsp3) is 0.842. The lowest BCUT2D eigenvalue weighted by atomic mass is 10.1. The highest BCUT2D eigenvalue weighted by atomic mass is 32.2. The maximum atomic E-state index is 12.1. The number of unbranched alkanes of at least 4 members (excludes halogenated alkanes) is 1. The van der Waals surface area contributed by atoms with Gasteiger partial charge in [0.1, 0.15) is 12.6 Å². The van der Waals surface area contributed by atoms with Gasteiger partial charge in [-0.2, -0.15) is 0 Å². The lowest BCUT2D eigenvalue weighted by Crippen LogP contribution is -2.49. The Morgan fingerprint density at radius 3 is 2.56 bits per heavy atom. The van der Waals surface area contributed by atoms with Gasteiger partial charge in [0.25, 0.3) is 0 Å². The summed E-state index contributed by atoms with van der Waals surface area (Å²) in [6, 6.07) is -1.21. The first kappa shape index (κ1) is 28.6. The number of aliphatic hydroxyl groups excluding tert-OH is 1. The molecule has 0 bridgehead atoms. The van der Waals surface area contributed by atoms with Crippen LogP contribution in [0.2, 0.25) is 0 Å². The van der Waals surface area contributed by atoms with E-state index in [1.165, 1.54) is 0 Å². The Morgan fingerprint density at radius 2 is 1.88 bits per heavy atom. The van der Waals surface area contributed by atoms with Gasteiger partial charge in [0, 0.05) is 32.1 Å². The van der Waals surface area contributed by atoms with Gasteiger partial charge in [-0.1, -0.05) is 0 Å². The van der Waals surface area contributed by atoms with E-state index in [-0.39, 0.29) is 64.0 Å². The molecule has 32 heavy (non-hydrogen) atoms. The average Bonchev–Trinajstić information content (AvgIpc) is 3.33. The number of nitrogens with zero attached hydrogens (tertiary/aromatic N) is 1. The average molecular weight is 479 g/mol. The molecule has 0 spiro atoms. The van der Waals surface area contributed by atoms with Gasteiger partial charge in [-0.3, -0.25) is 19.7 Å². The van der Waals surface area contributed by atoms with Crippen LogP contribution in [-0.2, 0) is 23.9 Å². The van der Waals surface area contributed by atoms with Gasteiger partial charge in [0.2, 0.25) is 17.7 Å². The summed E-state index contributed by atoms with van der Waals surface area (Å²) in [5.74, 6) is 1.14. The van der Waals surface area contributed by atoms with E-state index in [1.807, 2.05) is 0 Å². The minimum atomic E-state index is -0.741. The predicted octanol–water partition coefficient (Wildman–Crippen LogP) is -2.85. The fourth-order valence-electron chi connectivity index (χ4n) is 2.85. The molecule has 0 saturated carbocycles. The Morgan fingerprint density at radius 1 is 1.09 bits per heavy atom. The number of hydrogen-bond donors (Lipinski definition) is 6. The van der Waals surface area contributed by atoms with Crippen LogP contribution in [0.25, 0.3) is 0 Å². The molecule has 0 aromatic carbocycles. The number of rotatable bonds is 18. The zero-order valence-corrected chi connectivity index (χ0v) is 19.4. The quantitative estimate of drug-likeness (QED) is 0.0886. The number of amides is 3. The van der Waals surface area contributed by atoms with Crippen molar-refractivity contribution in [2.45, 2.75) is 31.3 Å². The van der Waals surface area contributed by atoms with E-state index in [0.717, 1.165) is 31.0 Å². The third kappa shape index (κ3) is 12.5. The van der Waals surface area contributed by atoms with E-state index in [2.05, 4.69) is 16.0 Å². The molecule has 2 atom stereocenters. The van der Waals surface area contributed by atoms with E-state index < -0.39 is 12.1 Å². The Balaban J connectivity index is 1.91. The highest BCUT2D eigenvalue weighted by molar-refractivity contribution is 7.99. The third-order valence-electron chi connectivity index (χ3n) is 4.66. The predicted molar refractivity (Wildman–Crippen MR) is 122 cm³/mol. The van der Waals surface area contributed by atoms with Crippen molar-refractivity contribution in [3.8, 4) is 0 Å². The van der Waals surface area contributed by atoms with Gasteiger partial charge in [0.15, 0.2) is 0 Å². The third-order valence-corrected chi connectivity index (χ3v) is 5.63. The molecule has 8 N–H and O–H groups in total. The zero-order valence-electron chi connectivity index (χ0n) is 18.6. The number of ether oxygens (including phenoxy) is 2. The summed E-state index contributed by atoms with van der Waals surface area (Å²) in [6.07, 6.45) is 2.11. The van der Waals surface area contributed by atoms with Crippen LogP contribution >= 0.6 is 11.8 Å². The molecule has 1 aliphatic heterocycles. The molecular formula is C19H38N6O6S.